The second-order valence-electron chi connectivity index (χ2n) is 4.35. The minimum absolute atomic E-state index is 0.154. The van der Waals surface area contributed by atoms with Crippen LogP contribution in [0.4, 0.5) is 4.39 Å². The predicted octanol–water partition coefficient (Wildman–Crippen LogP) is 3.00. The Bertz CT molecular complexity index is 688. The van der Waals surface area contributed by atoms with Crippen molar-refractivity contribution >= 4 is 21.4 Å². The van der Waals surface area contributed by atoms with Gasteiger partial charge in [0.1, 0.15) is 5.82 Å². The number of fused-ring (bicyclic) bond motifs is 1. The molecule has 0 aliphatic rings. The van der Waals surface area contributed by atoms with E-state index in [1.165, 1.54) is 6.07 Å². The number of nitrogens with zero attached hydrogens (tertiary/aromatic N) is 2. The summed E-state index contributed by atoms with van der Waals surface area (Å²) < 4.78 is 16.9. The summed E-state index contributed by atoms with van der Waals surface area (Å²) >= 11 is 1.64. The van der Waals surface area contributed by atoms with E-state index in [4.69, 9.17) is 0 Å². The standard InChI is InChI=1S/C14H14FN3S/c1-16-8-13-10(9-18-7-3-6-17-18)14-11(15)4-2-5-12(14)19-13/h2-7,16H,8-9H2,1H3. The van der Waals surface area contributed by atoms with Gasteiger partial charge in [0, 0.05) is 33.9 Å². The Morgan fingerprint density at radius 3 is 3.00 bits per heavy atom. The van der Waals surface area contributed by atoms with Gasteiger partial charge in [0.05, 0.1) is 6.54 Å². The molecule has 0 aliphatic heterocycles. The van der Waals surface area contributed by atoms with E-state index in [2.05, 4.69) is 10.4 Å². The Labute approximate surface area is 114 Å². The molecule has 5 heteroatoms. The Morgan fingerprint density at radius 2 is 2.26 bits per heavy atom. The number of benzene rings is 1. The molecule has 1 N–H and O–H groups in total. The lowest BCUT2D eigenvalue weighted by molar-refractivity contribution is 0.634. The average Bonchev–Trinajstić information content (AvgIpc) is 3.00. The zero-order chi connectivity index (χ0) is 13.2. The molecule has 1 aromatic carbocycles. The SMILES string of the molecule is CNCc1sc2cccc(F)c2c1Cn1cccn1. The summed E-state index contributed by atoms with van der Waals surface area (Å²) in [6.07, 6.45) is 3.64. The smallest absolute Gasteiger partial charge is 0.132 e. The fourth-order valence-electron chi connectivity index (χ4n) is 2.24. The van der Waals surface area contributed by atoms with Crippen molar-refractivity contribution in [3.05, 3.63) is 52.9 Å². The van der Waals surface area contributed by atoms with Crippen LogP contribution in [0.1, 0.15) is 10.4 Å². The van der Waals surface area contributed by atoms with Gasteiger partial charge in [-0.15, -0.1) is 11.3 Å². The summed E-state index contributed by atoms with van der Waals surface area (Å²) in [5.74, 6) is -0.154. The molecule has 0 fully saturated rings. The van der Waals surface area contributed by atoms with E-state index in [1.54, 1.807) is 23.6 Å². The molecular weight excluding hydrogens is 261 g/mol. The molecule has 19 heavy (non-hydrogen) atoms. The molecule has 0 saturated heterocycles. The number of hydrogen-bond acceptors (Lipinski definition) is 3. The van der Waals surface area contributed by atoms with E-state index in [9.17, 15) is 4.39 Å². The predicted molar refractivity (Wildman–Crippen MR) is 75.9 cm³/mol. The number of rotatable bonds is 4. The third-order valence-corrected chi connectivity index (χ3v) is 4.26. The summed E-state index contributed by atoms with van der Waals surface area (Å²) in [6, 6.07) is 7.12. The number of hydrogen-bond donors (Lipinski definition) is 1. The molecule has 2 aromatic heterocycles. The van der Waals surface area contributed by atoms with Crippen LogP contribution in [-0.2, 0) is 13.1 Å². The van der Waals surface area contributed by atoms with Gasteiger partial charge in [-0.3, -0.25) is 4.68 Å². The van der Waals surface area contributed by atoms with Crippen molar-refractivity contribution < 1.29 is 4.39 Å². The lowest BCUT2D eigenvalue weighted by Gasteiger charge is -2.05. The summed E-state index contributed by atoms with van der Waals surface area (Å²) in [5.41, 5.74) is 1.02. The van der Waals surface area contributed by atoms with Crippen molar-refractivity contribution in [3.8, 4) is 0 Å². The Hall–Kier alpha value is -1.72. The average molecular weight is 275 g/mol. The quantitative estimate of drug-likeness (QED) is 0.793. The summed E-state index contributed by atoms with van der Waals surface area (Å²) in [6.45, 7) is 1.35. The molecule has 0 bridgehead atoms. The van der Waals surface area contributed by atoms with Gasteiger partial charge in [-0.05, 0) is 30.8 Å². The van der Waals surface area contributed by atoms with Crippen molar-refractivity contribution in [3.63, 3.8) is 0 Å². The number of halogens is 1. The van der Waals surface area contributed by atoms with Crippen LogP contribution < -0.4 is 5.32 Å². The molecule has 2 heterocycles. The molecule has 3 aromatic rings. The van der Waals surface area contributed by atoms with Crippen LogP contribution in [0.25, 0.3) is 10.1 Å². The third-order valence-electron chi connectivity index (χ3n) is 3.06. The zero-order valence-electron chi connectivity index (χ0n) is 10.6. The van der Waals surface area contributed by atoms with Crippen LogP contribution in [0, 0.1) is 5.82 Å². The topological polar surface area (TPSA) is 29.9 Å². The maximum absolute atomic E-state index is 14.1. The normalized spacial score (nSPS) is 11.3. The maximum Gasteiger partial charge on any atom is 0.132 e. The van der Waals surface area contributed by atoms with Gasteiger partial charge in [-0.1, -0.05) is 6.07 Å². The van der Waals surface area contributed by atoms with Crippen molar-refractivity contribution in [1.29, 1.82) is 0 Å². The Morgan fingerprint density at radius 1 is 1.37 bits per heavy atom. The lowest BCUT2D eigenvalue weighted by Crippen LogP contribution is -2.08. The van der Waals surface area contributed by atoms with E-state index in [0.29, 0.717) is 6.54 Å². The highest BCUT2D eigenvalue weighted by atomic mass is 32.1. The minimum atomic E-state index is -0.154. The summed E-state index contributed by atoms with van der Waals surface area (Å²) in [5, 5.41) is 8.08. The highest BCUT2D eigenvalue weighted by molar-refractivity contribution is 7.19. The molecule has 98 valence electrons. The largest absolute Gasteiger partial charge is 0.315 e. The Kier molecular flexibility index (Phi) is 3.31. The van der Waals surface area contributed by atoms with E-state index in [1.807, 2.05) is 30.1 Å². The zero-order valence-corrected chi connectivity index (χ0v) is 11.4. The molecule has 0 aliphatic carbocycles. The first-order chi connectivity index (χ1) is 9.29. The van der Waals surface area contributed by atoms with Crippen molar-refractivity contribution in [1.82, 2.24) is 15.1 Å². The first-order valence-corrected chi connectivity index (χ1v) is 6.92. The Balaban J connectivity index is 2.15. The van der Waals surface area contributed by atoms with Crippen molar-refractivity contribution in [2.45, 2.75) is 13.1 Å². The van der Waals surface area contributed by atoms with Crippen LogP contribution in [0.3, 0.4) is 0 Å². The number of nitrogens with one attached hydrogen (secondary N) is 1. The summed E-state index contributed by atoms with van der Waals surface area (Å²) in [4.78, 5) is 1.16. The van der Waals surface area contributed by atoms with Crippen LogP contribution in [-0.4, -0.2) is 16.8 Å². The molecule has 0 spiro atoms. The second-order valence-corrected chi connectivity index (χ2v) is 5.49. The first kappa shape index (κ1) is 12.3. The van der Waals surface area contributed by atoms with Gasteiger partial charge in [0.25, 0.3) is 0 Å². The minimum Gasteiger partial charge on any atom is -0.315 e. The molecule has 0 saturated carbocycles. The molecule has 0 amide bonds. The monoisotopic (exact) mass is 275 g/mol. The summed E-state index contributed by atoms with van der Waals surface area (Å²) in [7, 11) is 1.90. The van der Waals surface area contributed by atoms with Crippen molar-refractivity contribution in [2.75, 3.05) is 7.05 Å². The fourth-order valence-corrected chi connectivity index (χ4v) is 3.48. The highest BCUT2D eigenvalue weighted by Crippen LogP contribution is 2.33. The van der Waals surface area contributed by atoms with Crippen LogP contribution >= 0.6 is 11.3 Å². The van der Waals surface area contributed by atoms with Gasteiger partial charge in [-0.25, -0.2) is 4.39 Å². The van der Waals surface area contributed by atoms with Gasteiger partial charge in [-0.2, -0.15) is 5.10 Å². The molecular formula is C14H14FN3S. The maximum atomic E-state index is 14.1. The van der Waals surface area contributed by atoms with Gasteiger partial charge in [0.2, 0.25) is 0 Å². The van der Waals surface area contributed by atoms with Crippen LogP contribution in [0.5, 0.6) is 0 Å². The molecule has 0 atom stereocenters. The highest BCUT2D eigenvalue weighted by Gasteiger charge is 2.15. The van der Waals surface area contributed by atoms with E-state index >= 15 is 0 Å². The first-order valence-electron chi connectivity index (χ1n) is 6.10. The number of thiophene rings is 1. The van der Waals surface area contributed by atoms with Crippen LogP contribution in [0.2, 0.25) is 0 Å². The van der Waals surface area contributed by atoms with E-state index in [0.717, 1.165) is 27.1 Å². The third kappa shape index (κ3) is 2.27. The molecule has 0 radical (unpaired) electrons. The molecule has 0 unspecified atom stereocenters. The van der Waals surface area contributed by atoms with E-state index < -0.39 is 0 Å². The molecule has 3 rings (SSSR count). The second kappa shape index (κ2) is 5.11. The van der Waals surface area contributed by atoms with Gasteiger partial charge < -0.3 is 5.32 Å². The molecule has 3 nitrogen and oxygen atoms in total. The van der Waals surface area contributed by atoms with Crippen LogP contribution in [0.15, 0.2) is 36.7 Å². The van der Waals surface area contributed by atoms with E-state index in [-0.39, 0.29) is 5.82 Å². The fraction of sp³-hybridized carbons (Fsp3) is 0.214. The number of aromatic nitrogens is 2. The van der Waals surface area contributed by atoms with Gasteiger partial charge in [0.15, 0.2) is 0 Å². The lowest BCUT2D eigenvalue weighted by atomic mass is 10.1. The van der Waals surface area contributed by atoms with Gasteiger partial charge >= 0.3 is 0 Å². The van der Waals surface area contributed by atoms with Crippen molar-refractivity contribution in [2.24, 2.45) is 0 Å².